The number of hydrogen-bond donors (Lipinski definition) is 0. The predicted octanol–water partition coefficient (Wildman–Crippen LogP) is 2.21. The number of nitrogens with zero attached hydrogens (tertiary/aromatic N) is 1. The zero-order chi connectivity index (χ0) is 9.56. The number of hydrogen-bond acceptors (Lipinski definition) is 2. The number of carbonyl (C=O) groups excluding carboxylic acids is 1. The summed E-state index contributed by atoms with van der Waals surface area (Å²) in [5.41, 5.74) is 0.617. The van der Waals surface area contributed by atoms with Crippen molar-refractivity contribution in [3.05, 3.63) is 12.3 Å². The second-order valence-electron chi connectivity index (χ2n) is 3.22. The molecule has 12 heavy (non-hydrogen) atoms. The van der Waals surface area contributed by atoms with Crippen LogP contribution in [0.4, 0.5) is 0 Å². The van der Waals surface area contributed by atoms with Gasteiger partial charge in [0.25, 0.3) is 0 Å². The summed E-state index contributed by atoms with van der Waals surface area (Å²) < 4.78 is 0. The Bertz CT molecular complexity index is 161. The average molecular weight is 169 g/mol. The number of likely N-dealkylation sites (N-methyl/N-ethyl adjacent to an activating group) is 1. The normalized spacial score (nSPS) is 9.58. The molecule has 0 atom stereocenters. The predicted molar refractivity (Wildman–Crippen MR) is 52.0 cm³/mol. The first-order chi connectivity index (χ1) is 5.59. The third-order valence-corrected chi connectivity index (χ3v) is 1.87. The van der Waals surface area contributed by atoms with E-state index in [-0.39, 0.29) is 5.78 Å². The maximum atomic E-state index is 11.3. The lowest BCUT2D eigenvalue weighted by Gasteiger charge is -2.13. The Balaban J connectivity index is 3.65. The fourth-order valence-corrected chi connectivity index (χ4v) is 0.929. The topological polar surface area (TPSA) is 20.3 Å². The maximum Gasteiger partial charge on any atom is 0.178 e. The summed E-state index contributed by atoms with van der Waals surface area (Å²) in [5, 5.41) is 0. The molecule has 0 fully saturated rings. The second-order valence-corrected chi connectivity index (χ2v) is 3.22. The van der Waals surface area contributed by atoms with Crippen LogP contribution in [0.5, 0.6) is 0 Å². The smallest absolute Gasteiger partial charge is 0.178 e. The first-order valence-corrected chi connectivity index (χ1v) is 4.49. The quantitative estimate of drug-likeness (QED) is 0.449. The van der Waals surface area contributed by atoms with Crippen molar-refractivity contribution >= 4 is 5.78 Å². The van der Waals surface area contributed by atoms with Gasteiger partial charge in [-0.2, -0.15) is 0 Å². The summed E-state index contributed by atoms with van der Waals surface area (Å²) in [6.45, 7) is 5.84. The minimum atomic E-state index is 0.174. The summed E-state index contributed by atoms with van der Waals surface area (Å²) in [5.74, 6) is 0.174. The molecule has 0 aliphatic heterocycles. The van der Waals surface area contributed by atoms with Crippen LogP contribution in [-0.2, 0) is 4.79 Å². The average Bonchev–Trinajstić information content (AvgIpc) is 2.03. The first kappa shape index (κ1) is 11.2. The lowest BCUT2D eigenvalue weighted by atomic mass is 10.1. The Hall–Kier alpha value is -0.790. The van der Waals surface area contributed by atoms with E-state index in [0.29, 0.717) is 12.1 Å². The van der Waals surface area contributed by atoms with E-state index in [2.05, 4.69) is 13.5 Å². The number of ketones is 1. The fraction of sp³-hybridized carbons (Fsp3) is 0.700. The van der Waals surface area contributed by atoms with Gasteiger partial charge in [0, 0.05) is 20.5 Å². The standard InChI is InChI=1S/C10H19NO/c1-5-6-7-8-10(12)9(2)11(3)4/h2,5-8H2,1,3-4H3. The van der Waals surface area contributed by atoms with E-state index in [1.165, 1.54) is 0 Å². The van der Waals surface area contributed by atoms with Gasteiger partial charge in [-0.3, -0.25) is 4.79 Å². The molecule has 2 nitrogen and oxygen atoms in total. The molecule has 0 bridgehead atoms. The van der Waals surface area contributed by atoms with Crippen molar-refractivity contribution in [2.75, 3.05) is 14.1 Å². The number of unbranched alkanes of at least 4 members (excludes halogenated alkanes) is 2. The third-order valence-electron chi connectivity index (χ3n) is 1.87. The first-order valence-electron chi connectivity index (χ1n) is 4.49. The highest BCUT2D eigenvalue weighted by Crippen LogP contribution is 2.05. The van der Waals surface area contributed by atoms with Crippen molar-refractivity contribution in [2.24, 2.45) is 0 Å². The zero-order valence-electron chi connectivity index (χ0n) is 8.39. The van der Waals surface area contributed by atoms with Crippen LogP contribution in [0.2, 0.25) is 0 Å². The number of allylic oxidation sites excluding steroid dienone is 1. The third kappa shape index (κ3) is 4.16. The zero-order valence-corrected chi connectivity index (χ0v) is 8.39. The Labute approximate surface area is 75.3 Å². The van der Waals surface area contributed by atoms with Crippen LogP contribution < -0.4 is 0 Å². The monoisotopic (exact) mass is 169 g/mol. The summed E-state index contributed by atoms with van der Waals surface area (Å²) in [7, 11) is 3.69. The minimum Gasteiger partial charge on any atom is -0.375 e. The van der Waals surface area contributed by atoms with Crippen LogP contribution in [0.25, 0.3) is 0 Å². The molecule has 0 heterocycles. The lowest BCUT2D eigenvalue weighted by Crippen LogP contribution is -2.17. The molecule has 0 rings (SSSR count). The lowest BCUT2D eigenvalue weighted by molar-refractivity contribution is -0.116. The molecule has 0 amide bonds. The van der Waals surface area contributed by atoms with E-state index in [9.17, 15) is 4.79 Å². The highest BCUT2D eigenvalue weighted by Gasteiger charge is 2.07. The molecule has 0 unspecified atom stereocenters. The summed E-state index contributed by atoms with van der Waals surface area (Å²) >= 11 is 0. The number of rotatable bonds is 6. The van der Waals surface area contributed by atoms with Gasteiger partial charge in [-0.05, 0) is 6.42 Å². The molecule has 0 aliphatic carbocycles. The molecule has 0 spiro atoms. The van der Waals surface area contributed by atoms with Crippen molar-refractivity contribution in [1.29, 1.82) is 0 Å². The van der Waals surface area contributed by atoms with E-state index >= 15 is 0 Å². The fourth-order valence-electron chi connectivity index (χ4n) is 0.929. The van der Waals surface area contributed by atoms with Crippen molar-refractivity contribution < 1.29 is 4.79 Å². The van der Waals surface area contributed by atoms with Crippen molar-refractivity contribution in [3.8, 4) is 0 Å². The van der Waals surface area contributed by atoms with Gasteiger partial charge in [0.15, 0.2) is 5.78 Å². The van der Waals surface area contributed by atoms with Gasteiger partial charge in [-0.25, -0.2) is 0 Å². The molecule has 0 aliphatic rings. The van der Waals surface area contributed by atoms with E-state index in [1.807, 2.05) is 14.1 Å². The van der Waals surface area contributed by atoms with Gasteiger partial charge >= 0.3 is 0 Å². The summed E-state index contributed by atoms with van der Waals surface area (Å²) in [4.78, 5) is 13.1. The molecular formula is C10H19NO. The van der Waals surface area contributed by atoms with Crippen LogP contribution in [0.1, 0.15) is 32.6 Å². The molecule has 0 N–H and O–H groups in total. The maximum absolute atomic E-state index is 11.3. The Morgan fingerprint density at radius 3 is 2.33 bits per heavy atom. The van der Waals surface area contributed by atoms with Gasteiger partial charge in [-0.1, -0.05) is 26.3 Å². The number of Topliss-reactive ketones (excluding diaryl/α,β-unsaturated/α-hetero) is 1. The van der Waals surface area contributed by atoms with Crippen LogP contribution in [-0.4, -0.2) is 24.8 Å². The van der Waals surface area contributed by atoms with Crippen LogP contribution in [0.3, 0.4) is 0 Å². The van der Waals surface area contributed by atoms with Gasteiger partial charge < -0.3 is 4.90 Å². The van der Waals surface area contributed by atoms with Crippen LogP contribution in [0.15, 0.2) is 12.3 Å². The van der Waals surface area contributed by atoms with Gasteiger partial charge in [-0.15, -0.1) is 0 Å². The van der Waals surface area contributed by atoms with Crippen molar-refractivity contribution in [3.63, 3.8) is 0 Å². The summed E-state index contributed by atoms with van der Waals surface area (Å²) in [6.07, 6.45) is 3.92. The Kier molecular flexibility index (Phi) is 5.43. The number of carbonyl (C=O) groups is 1. The van der Waals surface area contributed by atoms with Gasteiger partial charge in [0.05, 0.1) is 5.70 Å². The van der Waals surface area contributed by atoms with E-state index in [0.717, 1.165) is 19.3 Å². The highest BCUT2D eigenvalue weighted by molar-refractivity contribution is 5.93. The Morgan fingerprint density at radius 1 is 1.33 bits per heavy atom. The van der Waals surface area contributed by atoms with Crippen LogP contribution in [0, 0.1) is 0 Å². The minimum absolute atomic E-state index is 0.174. The van der Waals surface area contributed by atoms with E-state index in [4.69, 9.17) is 0 Å². The van der Waals surface area contributed by atoms with E-state index in [1.54, 1.807) is 4.90 Å². The van der Waals surface area contributed by atoms with Crippen molar-refractivity contribution in [1.82, 2.24) is 4.90 Å². The van der Waals surface area contributed by atoms with Crippen molar-refractivity contribution in [2.45, 2.75) is 32.6 Å². The molecule has 0 saturated carbocycles. The molecule has 0 saturated heterocycles. The second kappa shape index (κ2) is 5.81. The highest BCUT2D eigenvalue weighted by atomic mass is 16.1. The molecule has 0 aromatic carbocycles. The van der Waals surface area contributed by atoms with Crippen LogP contribution >= 0.6 is 0 Å². The molecule has 70 valence electrons. The van der Waals surface area contributed by atoms with Gasteiger partial charge in [0.2, 0.25) is 0 Å². The molecular weight excluding hydrogens is 150 g/mol. The van der Waals surface area contributed by atoms with E-state index < -0.39 is 0 Å². The summed E-state index contributed by atoms with van der Waals surface area (Å²) in [6, 6.07) is 0. The SMILES string of the molecule is C=C(C(=O)CCCCC)N(C)C. The molecule has 0 aromatic rings. The Morgan fingerprint density at radius 2 is 1.92 bits per heavy atom. The molecule has 0 aromatic heterocycles. The molecule has 0 radical (unpaired) electrons. The molecule has 2 heteroatoms. The van der Waals surface area contributed by atoms with Gasteiger partial charge in [0.1, 0.15) is 0 Å². The largest absolute Gasteiger partial charge is 0.375 e.